The van der Waals surface area contributed by atoms with Crippen molar-refractivity contribution in [3.05, 3.63) is 24.3 Å². The molecule has 0 fully saturated rings. The first-order chi connectivity index (χ1) is 5.20. The Morgan fingerprint density at radius 2 is 1.45 bits per heavy atom. The standard InChI is InChI=1S/C11H20/c1-5-7-11(4)9-8-10(3)6-2/h3-9H2,1-2H3. The monoisotopic (exact) mass is 152 g/mol. The second-order valence-electron chi connectivity index (χ2n) is 3.10. The van der Waals surface area contributed by atoms with Crippen LogP contribution < -0.4 is 0 Å². The van der Waals surface area contributed by atoms with Crippen LogP contribution in [0, 0.1) is 0 Å². The van der Waals surface area contributed by atoms with Gasteiger partial charge in [-0.1, -0.05) is 44.6 Å². The molecular weight excluding hydrogens is 132 g/mol. The molecule has 0 amide bonds. The largest absolute Gasteiger partial charge is 0.0999 e. The summed E-state index contributed by atoms with van der Waals surface area (Å²) >= 11 is 0. The molecule has 0 atom stereocenters. The molecule has 0 rings (SSSR count). The zero-order valence-corrected chi connectivity index (χ0v) is 7.95. The smallest absolute Gasteiger partial charge is 0.0286 e. The van der Waals surface area contributed by atoms with Crippen molar-refractivity contribution >= 4 is 0 Å². The molecular formula is C11H20. The van der Waals surface area contributed by atoms with E-state index >= 15 is 0 Å². The predicted octanol–water partition coefficient (Wildman–Crippen LogP) is 4.09. The summed E-state index contributed by atoms with van der Waals surface area (Å²) < 4.78 is 0. The van der Waals surface area contributed by atoms with Gasteiger partial charge in [0.2, 0.25) is 0 Å². The van der Waals surface area contributed by atoms with Crippen molar-refractivity contribution in [2.75, 3.05) is 0 Å². The van der Waals surface area contributed by atoms with E-state index in [1.807, 2.05) is 0 Å². The molecule has 0 heteroatoms. The molecule has 11 heavy (non-hydrogen) atoms. The van der Waals surface area contributed by atoms with Gasteiger partial charge in [-0.3, -0.25) is 0 Å². The molecule has 64 valence electrons. The quantitative estimate of drug-likeness (QED) is 0.503. The second-order valence-corrected chi connectivity index (χ2v) is 3.10. The lowest BCUT2D eigenvalue weighted by Gasteiger charge is -2.04. The summed E-state index contributed by atoms with van der Waals surface area (Å²) in [6.45, 7) is 12.3. The molecule has 0 aromatic carbocycles. The minimum Gasteiger partial charge on any atom is -0.0999 e. The highest BCUT2D eigenvalue weighted by Gasteiger charge is 1.94. The van der Waals surface area contributed by atoms with Crippen LogP contribution in [0.4, 0.5) is 0 Å². The lowest BCUT2D eigenvalue weighted by atomic mass is 10.0. The predicted molar refractivity (Wildman–Crippen MR) is 52.7 cm³/mol. The van der Waals surface area contributed by atoms with Crippen molar-refractivity contribution in [1.82, 2.24) is 0 Å². The first-order valence-corrected chi connectivity index (χ1v) is 4.54. The van der Waals surface area contributed by atoms with Gasteiger partial charge in [-0.15, -0.1) is 0 Å². The van der Waals surface area contributed by atoms with Crippen molar-refractivity contribution in [3.8, 4) is 0 Å². The zero-order valence-electron chi connectivity index (χ0n) is 7.95. The van der Waals surface area contributed by atoms with E-state index in [9.17, 15) is 0 Å². The molecule has 0 aliphatic rings. The Balaban J connectivity index is 3.38. The van der Waals surface area contributed by atoms with Crippen molar-refractivity contribution in [3.63, 3.8) is 0 Å². The van der Waals surface area contributed by atoms with Crippen LogP contribution in [0.1, 0.15) is 46.0 Å². The van der Waals surface area contributed by atoms with Gasteiger partial charge >= 0.3 is 0 Å². The van der Waals surface area contributed by atoms with Gasteiger partial charge in [0.1, 0.15) is 0 Å². The fourth-order valence-electron chi connectivity index (χ4n) is 1.01. The highest BCUT2D eigenvalue weighted by molar-refractivity contribution is 5.01. The van der Waals surface area contributed by atoms with Gasteiger partial charge in [0.15, 0.2) is 0 Å². The molecule has 0 N–H and O–H groups in total. The van der Waals surface area contributed by atoms with Crippen LogP contribution in [0.5, 0.6) is 0 Å². The Kier molecular flexibility index (Phi) is 5.91. The molecule has 0 spiro atoms. The summed E-state index contributed by atoms with van der Waals surface area (Å²) in [5, 5.41) is 0. The molecule has 0 aromatic heterocycles. The van der Waals surface area contributed by atoms with Gasteiger partial charge in [0.05, 0.1) is 0 Å². The Labute approximate surface area is 71.0 Å². The summed E-state index contributed by atoms with van der Waals surface area (Å²) in [6.07, 6.45) is 5.78. The van der Waals surface area contributed by atoms with Crippen LogP contribution >= 0.6 is 0 Å². The summed E-state index contributed by atoms with van der Waals surface area (Å²) in [4.78, 5) is 0. The third kappa shape index (κ3) is 5.90. The van der Waals surface area contributed by atoms with Crippen LogP contribution in [0.25, 0.3) is 0 Å². The molecule has 0 unspecified atom stereocenters. The average Bonchev–Trinajstić information content (AvgIpc) is 2.01. The highest BCUT2D eigenvalue weighted by atomic mass is 14.0. The lowest BCUT2D eigenvalue weighted by molar-refractivity contribution is 0.803. The molecule has 0 aliphatic carbocycles. The zero-order chi connectivity index (χ0) is 8.69. The Hall–Kier alpha value is -0.520. The molecule has 0 nitrogen and oxygen atoms in total. The maximum absolute atomic E-state index is 4.01. The van der Waals surface area contributed by atoms with E-state index in [1.54, 1.807) is 0 Å². The van der Waals surface area contributed by atoms with E-state index in [2.05, 4.69) is 27.0 Å². The van der Waals surface area contributed by atoms with Gasteiger partial charge in [-0.25, -0.2) is 0 Å². The Morgan fingerprint density at radius 3 is 1.91 bits per heavy atom. The van der Waals surface area contributed by atoms with Gasteiger partial charge in [-0.05, 0) is 25.7 Å². The third-order valence-electron chi connectivity index (χ3n) is 1.94. The van der Waals surface area contributed by atoms with Crippen molar-refractivity contribution in [2.45, 2.75) is 46.0 Å². The number of hydrogen-bond donors (Lipinski definition) is 0. The summed E-state index contributed by atoms with van der Waals surface area (Å²) in [6, 6.07) is 0. The normalized spacial score (nSPS) is 9.64. The average molecular weight is 152 g/mol. The molecule has 0 aromatic rings. The van der Waals surface area contributed by atoms with Gasteiger partial charge in [0, 0.05) is 0 Å². The van der Waals surface area contributed by atoms with Gasteiger partial charge in [0.25, 0.3) is 0 Å². The van der Waals surface area contributed by atoms with E-state index in [-0.39, 0.29) is 0 Å². The van der Waals surface area contributed by atoms with Gasteiger partial charge in [-0.2, -0.15) is 0 Å². The SMILES string of the molecule is C=C(CC)CCC(=C)CCC. The molecule has 0 bridgehead atoms. The number of allylic oxidation sites excluding steroid dienone is 2. The minimum atomic E-state index is 1.11. The molecule has 0 saturated heterocycles. The van der Waals surface area contributed by atoms with Crippen molar-refractivity contribution < 1.29 is 0 Å². The fraction of sp³-hybridized carbons (Fsp3) is 0.636. The van der Waals surface area contributed by atoms with Crippen molar-refractivity contribution in [1.29, 1.82) is 0 Å². The van der Waals surface area contributed by atoms with Crippen LogP contribution in [-0.2, 0) is 0 Å². The maximum atomic E-state index is 4.01. The molecule has 0 aliphatic heterocycles. The fourth-order valence-corrected chi connectivity index (χ4v) is 1.01. The summed E-state index contributed by atoms with van der Waals surface area (Å²) in [7, 11) is 0. The molecule has 0 radical (unpaired) electrons. The Morgan fingerprint density at radius 1 is 0.909 bits per heavy atom. The minimum absolute atomic E-state index is 1.11. The topological polar surface area (TPSA) is 0 Å². The van der Waals surface area contributed by atoms with Crippen LogP contribution in [-0.4, -0.2) is 0 Å². The molecule has 0 saturated carbocycles. The maximum Gasteiger partial charge on any atom is -0.0286 e. The lowest BCUT2D eigenvalue weighted by Crippen LogP contribution is -1.84. The second kappa shape index (κ2) is 6.21. The highest BCUT2D eigenvalue weighted by Crippen LogP contribution is 2.14. The first-order valence-electron chi connectivity index (χ1n) is 4.54. The molecule has 0 heterocycles. The van der Waals surface area contributed by atoms with Gasteiger partial charge < -0.3 is 0 Å². The first kappa shape index (κ1) is 10.5. The summed E-state index contributed by atoms with van der Waals surface area (Å²) in [5.74, 6) is 0. The summed E-state index contributed by atoms with van der Waals surface area (Å²) in [5.41, 5.74) is 2.73. The van der Waals surface area contributed by atoms with E-state index in [4.69, 9.17) is 0 Å². The van der Waals surface area contributed by atoms with E-state index < -0.39 is 0 Å². The van der Waals surface area contributed by atoms with Crippen molar-refractivity contribution in [2.24, 2.45) is 0 Å². The van der Waals surface area contributed by atoms with E-state index in [1.165, 1.54) is 24.0 Å². The number of hydrogen-bond acceptors (Lipinski definition) is 0. The van der Waals surface area contributed by atoms with Crippen LogP contribution in [0.3, 0.4) is 0 Å². The van der Waals surface area contributed by atoms with E-state index in [0.29, 0.717) is 0 Å². The number of rotatable bonds is 6. The van der Waals surface area contributed by atoms with Crippen LogP contribution in [0.2, 0.25) is 0 Å². The van der Waals surface area contributed by atoms with E-state index in [0.717, 1.165) is 19.3 Å². The Bertz CT molecular complexity index is 131. The third-order valence-corrected chi connectivity index (χ3v) is 1.94. The van der Waals surface area contributed by atoms with Crippen LogP contribution in [0.15, 0.2) is 24.3 Å².